The van der Waals surface area contributed by atoms with Gasteiger partial charge in [-0.25, -0.2) is 0 Å². The molecule has 21 heavy (non-hydrogen) atoms. The van der Waals surface area contributed by atoms with Crippen LogP contribution in [-0.4, -0.2) is 70.5 Å². The van der Waals surface area contributed by atoms with Gasteiger partial charge in [0.15, 0.2) is 0 Å². The van der Waals surface area contributed by atoms with Crippen LogP contribution >= 0.6 is 0 Å². The van der Waals surface area contributed by atoms with Crippen LogP contribution in [0.4, 0.5) is 0 Å². The Bertz CT molecular complexity index is 406. The summed E-state index contributed by atoms with van der Waals surface area (Å²) in [5.41, 5.74) is 0. The van der Waals surface area contributed by atoms with Crippen LogP contribution in [0.2, 0.25) is 0 Å². The van der Waals surface area contributed by atoms with E-state index in [-0.39, 0.29) is 0 Å². The van der Waals surface area contributed by atoms with Gasteiger partial charge in [0.2, 0.25) is 0 Å². The summed E-state index contributed by atoms with van der Waals surface area (Å²) in [5.74, 6) is 0.935. The number of nitrogens with one attached hydrogen (secondary N) is 1. The van der Waals surface area contributed by atoms with Crippen LogP contribution in [-0.2, 0) is 14.9 Å². The molecule has 2 heterocycles. The van der Waals surface area contributed by atoms with Crippen LogP contribution in [0.25, 0.3) is 0 Å². The summed E-state index contributed by atoms with van der Waals surface area (Å²) in [4.78, 5) is 0. The molecule has 0 amide bonds. The van der Waals surface area contributed by atoms with Crippen LogP contribution in [0.15, 0.2) is 0 Å². The van der Waals surface area contributed by atoms with E-state index < -0.39 is 10.2 Å². The fourth-order valence-electron chi connectivity index (χ4n) is 3.40. The minimum Gasteiger partial charge on any atom is -0.384 e. The first-order valence-electron chi connectivity index (χ1n) is 7.96. The van der Waals surface area contributed by atoms with Crippen LogP contribution in [0.1, 0.15) is 25.7 Å². The van der Waals surface area contributed by atoms with Crippen molar-refractivity contribution in [1.82, 2.24) is 13.9 Å². The third-order valence-electron chi connectivity index (χ3n) is 4.60. The molecule has 2 saturated heterocycles. The van der Waals surface area contributed by atoms with Crippen molar-refractivity contribution >= 4 is 10.2 Å². The Labute approximate surface area is 129 Å². The molecule has 0 aromatic heterocycles. The zero-order chi connectivity index (χ0) is 15.3. The molecule has 0 radical (unpaired) electrons. The topological polar surface area (TPSA) is 61.9 Å². The van der Waals surface area contributed by atoms with Gasteiger partial charge in [0.25, 0.3) is 10.2 Å². The molecule has 7 heteroatoms. The van der Waals surface area contributed by atoms with Gasteiger partial charge in [-0.05, 0) is 51.1 Å². The number of piperidine rings is 2. The van der Waals surface area contributed by atoms with Crippen molar-refractivity contribution in [3.05, 3.63) is 0 Å². The second-order valence-electron chi connectivity index (χ2n) is 6.23. The molecule has 2 fully saturated rings. The molecule has 1 unspecified atom stereocenters. The number of hydrogen-bond acceptors (Lipinski definition) is 4. The highest BCUT2D eigenvalue weighted by atomic mass is 32.2. The van der Waals surface area contributed by atoms with Gasteiger partial charge < -0.3 is 10.1 Å². The van der Waals surface area contributed by atoms with E-state index in [2.05, 4.69) is 5.32 Å². The standard InChI is InChI=1S/C14H29N3O3S/c1-15-10-13-5-8-16(9-6-13)21(18,19)17-7-3-4-14(11-17)12-20-2/h13-15H,3-12H2,1-2H3. The molecule has 2 aliphatic heterocycles. The van der Waals surface area contributed by atoms with Crippen molar-refractivity contribution in [3.63, 3.8) is 0 Å². The second-order valence-corrected chi connectivity index (χ2v) is 8.16. The predicted molar refractivity (Wildman–Crippen MR) is 83.3 cm³/mol. The molecule has 0 aromatic carbocycles. The lowest BCUT2D eigenvalue weighted by Crippen LogP contribution is -2.51. The first-order chi connectivity index (χ1) is 10.1. The highest BCUT2D eigenvalue weighted by molar-refractivity contribution is 7.86. The third-order valence-corrected chi connectivity index (χ3v) is 6.60. The quantitative estimate of drug-likeness (QED) is 0.775. The SMILES string of the molecule is CNCC1CCN(S(=O)(=O)N2CCCC(COC)C2)CC1. The maximum Gasteiger partial charge on any atom is 0.281 e. The van der Waals surface area contributed by atoms with Gasteiger partial charge in [-0.2, -0.15) is 17.0 Å². The van der Waals surface area contributed by atoms with Gasteiger partial charge in [0, 0.05) is 33.3 Å². The maximum atomic E-state index is 12.8. The molecule has 0 spiro atoms. The van der Waals surface area contributed by atoms with Crippen LogP contribution in [0.5, 0.6) is 0 Å². The molecule has 2 rings (SSSR count). The van der Waals surface area contributed by atoms with E-state index in [9.17, 15) is 8.42 Å². The summed E-state index contributed by atoms with van der Waals surface area (Å²) in [6.45, 7) is 4.19. The normalized spacial score (nSPS) is 27.0. The highest BCUT2D eigenvalue weighted by Crippen LogP contribution is 2.25. The summed E-state index contributed by atoms with van der Waals surface area (Å²) in [6, 6.07) is 0. The fourth-order valence-corrected chi connectivity index (χ4v) is 5.16. The van der Waals surface area contributed by atoms with Crippen LogP contribution in [0, 0.1) is 11.8 Å². The molecule has 124 valence electrons. The van der Waals surface area contributed by atoms with Gasteiger partial charge in [-0.3, -0.25) is 0 Å². The fraction of sp³-hybridized carbons (Fsp3) is 1.00. The van der Waals surface area contributed by atoms with E-state index in [0.29, 0.717) is 44.6 Å². The molecule has 0 saturated carbocycles. The van der Waals surface area contributed by atoms with Crippen molar-refractivity contribution in [3.8, 4) is 0 Å². The Balaban J connectivity index is 1.92. The Hall–Kier alpha value is -0.210. The minimum atomic E-state index is -3.28. The van der Waals surface area contributed by atoms with Crippen molar-refractivity contribution in [1.29, 1.82) is 0 Å². The lowest BCUT2D eigenvalue weighted by atomic mass is 9.98. The average molecular weight is 319 g/mol. The molecule has 0 aromatic rings. The molecule has 1 N–H and O–H groups in total. The number of rotatable bonds is 6. The Morgan fingerprint density at radius 1 is 1.10 bits per heavy atom. The van der Waals surface area contributed by atoms with E-state index in [1.807, 2.05) is 7.05 Å². The molecule has 2 aliphatic rings. The minimum absolute atomic E-state index is 0.334. The van der Waals surface area contributed by atoms with Gasteiger partial charge >= 0.3 is 0 Å². The average Bonchev–Trinajstić information content (AvgIpc) is 2.49. The van der Waals surface area contributed by atoms with Gasteiger partial charge in [0.05, 0.1) is 6.61 Å². The number of ether oxygens (including phenoxy) is 1. The van der Waals surface area contributed by atoms with Crippen molar-refractivity contribution < 1.29 is 13.2 Å². The molecule has 6 nitrogen and oxygen atoms in total. The summed E-state index contributed by atoms with van der Waals surface area (Å²) >= 11 is 0. The van der Waals surface area contributed by atoms with E-state index in [4.69, 9.17) is 4.74 Å². The molecular formula is C14H29N3O3S. The largest absolute Gasteiger partial charge is 0.384 e. The van der Waals surface area contributed by atoms with Crippen LogP contribution in [0.3, 0.4) is 0 Å². The van der Waals surface area contributed by atoms with Gasteiger partial charge in [-0.1, -0.05) is 0 Å². The number of hydrogen-bond donors (Lipinski definition) is 1. The number of nitrogens with zero attached hydrogens (tertiary/aromatic N) is 2. The lowest BCUT2D eigenvalue weighted by Gasteiger charge is -2.38. The van der Waals surface area contributed by atoms with Crippen molar-refractivity contribution in [2.24, 2.45) is 11.8 Å². The highest BCUT2D eigenvalue weighted by Gasteiger charge is 2.35. The first-order valence-corrected chi connectivity index (χ1v) is 9.36. The summed E-state index contributed by atoms with van der Waals surface area (Å²) in [5, 5.41) is 3.18. The second kappa shape index (κ2) is 7.87. The Morgan fingerprint density at radius 3 is 2.43 bits per heavy atom. The smallest absolute Gasteiger partial charge is 0.281 e. The third kappa shape index (κ3) is 4.39. The molecular weight excluding hydrogens is 290 g/mol. The monoisotopic (exact) mass is 319 g/mol. The van der Waals surface area contributed by atoms with E-state index in [1.54, 1.807) is 15.7 Å². The van der Waals surface area contributed by atoms with E-state index in [0.717, 1.165) is 32.2 Å². The van der Waals surface area contributed by atoms with Gasteiger partial charge in [-0.15, -0.1) is 0 Å². The molecule has 1 atom stereocenters. The molecule has 0 aliphatic carbocycles. The van der Waals surface area contributed by atoms with E-state index >= 15 is 0 Å². The molecule has 0 bridgehead atoms. The van der Waals surface area contributed by atoms with E-state index in [1.165, 1.54) is 0 Å². The first kappa shape index (κ1) is 17.1. The Kier molecular flexibility index (Phi) is 6.43. The summed E-state index contributed by atoms with van der Waals surface area (Å²) in [7, 11) is 0.348. The van der Waals surface area contributed by atoms with Crippen LogP contribution < -0.4 is 5.32 Å². The van der Waals surface area contributed by atoms with Crippen molar-refractivity contribution in [2.45, 2.75) is 25.7 Å². The van der Waals surface area contributed by atoms with Crippen molar-refractivity contribution in [2.75, 3.05) is 53.5 Å². The maximum absolute atomic E-state index is 12.8. The van der Waals surface area contributed by atoms with Gasteiger partial charge in [0.1, 0.15) is 0 Å². The zero-order valence-electron chi connectivity index (χ0n) is 13.3. The Morgan fingerprint density at radius 2 is 1.81 bits per heavy atom. The predicted octanol–water partition coefficient (Wildman–Crippen LogP) is 0.521. The number of methoxy groups -OCH3 is 1. The lowest BCUT2D eigenvalue weighted by molar-refractivity contribution is 0.115. The summed E-state index contributed by atoms with van der Waals surface area (Å²) < 4.78 is 34.0. The summed E-state index contributed by atoms with van der Waals surface area (Å²) in [6.07, 6.45) is 3.90. The zero-order valence-corrected chi connectivity index (χ0v) is 14.1.